The van der Waals surface area contributed by atoms with Crippen molar-refractivity contribution in [2.45, 2.75) is 6.42 Å². The van der Waals surface area contributed by atoms with Crippen LogP contribution in [0.15, 0.2) is 140 Å². The topological polar surface area (TPSA) is 0 Å². The van der Waals surface area contributed by atoms with Gasteiger partial charge in [0.05, 0.1) is 0 Å². The van der Waals surface area contributed by atoms with Crippen molar-refractivity contribution in [3.63, 3.8) is 0 Å². The number of hydrogen-bond acceptors (Lipinski definition) is 1. The molecule has 1 aromatic heterocycles. The number of fused-ring (bicyclic) bond motifs is 1. The molecule has 0 atom stereocenters. The molecule has 0 aliphatic rings. The minimum Gasteiger partial charge on any atom is -0.135 e. The summed E-state index contributed by atoms with van der Waals surface area (Å²) in [6.07, 6.45) is 2.86. The van der Waals surface area contributed by atoms with Gasteiger partial charge in [-0.05, 0) is 67.6 Å². The molecular weight excluding hydrogens is 476 g/mol. The van der Waals surface area contributed by atoms with Crippen molar-refractivity contribution in [1.29, 1.82) is 0 Å². The van der Waals surface area contributed by atoms with Crippen molar-refractivity contribution in [2.24, 2.45) is 0 Å². The first-order valence-electron chi connectivity index (χ1n) is 12.9. The summed E-state index contributed by atoms with van der Waals surface area (Å²) in [7, 11) is 0. The van der Waals surface area contributed by atoms with E-state index < -0.39 is 0 Å². The first-order valence-corrected chi connectivity index (χ1v) is 13.7. The summed E-state index contributed by atoms with van der Waals surface area (Å²) in [6, 6.07) is 45.6. The lowest BCUT2D eigenvalue weighted by Gasteiger charge is -2.08. The zero-order chi connectivity index (χ0) is 25.9. The highest BCUT2D eigenvalue weighted by Gasteiger charge is 2.06. The molecule has 0 amide bonds. The van der Waals surface area contributed by atoms with Crippen LogP contribution in [0, 0.1) is 0 Å². The van der Waals surface area contributed by atoms with Gasteiger partial charge >= 0.3 is 0 Å². The second-order valence-corrected chi connectivity index (χ2v) is 10.6. The standard InChI is InChI=1S/C37H28S/c1-3-34(37-26(2)35-11-7-8-12-36(35)38-37)33-19-15-28(16-20-33)25-27-13-17-30(18-14-27)32-23-21-31(22-24-32)29-9-5-4-6-10-29/h3-24H,1-2,25H2/b37-34-. The number of thiophene rings is 1. The van der Waals surface area contributed by atoms with Crippen molar-refractivity contribution in [3.8, 4) is 22.3 Å². The second kappa shape index (κ2) is 10.5. The zero-order valence-corrected chi connectivity index (χ0v) is 22.0. The van der Waals surface area contributed by atoms with Gasteiger partial charge in [0.25, 0.3) is 0 Å². The Labute approximate surface area is 228 Å². The zero-order valence-electron chi connectivity index (χ0n) is 21.2. The van der Waals surface area contributed by atoms with Crippen LogP contribution in [0.25, 0.3) is 44.5 Å². The third kappa shape index (κ3) is 4.77. The maximum absolute atomic E-state index is 4.37. The summed E-state index contributed by atoms with van der Waals surface area (Å²) in [5.41, 5.74) is 9.88. The van der Waals surface area contributed by atoms with Crippen LogP contribution < -0.4 is 9.75 Å². The number of rotatable bonds is 6. The van der Waals surface area contributed by atoms with Gasteiger partial charge in [-0.1, -0.05) is 141 Å². The molecule has 0 nitrogen and oxygen atoms in total. The van der Waals surface area contributed by atoms with Gasteiger partial charge in [0.2, 0.25) is 0 Å². The second-order valence-electron chi connectivity index (χ2n) is 9.54. The van der Waals surface area contributed by atoms with Crippen LogP contribution in [0.4, 0.5) is 0 Å². The van der Waals surface area contributed by atoms with Gasteiger partial charge in [-0.25, -0.2) is 0 Å². The molecule has 1 heteroatoms. The molecule has 182 valence electrons. The van der Waals surface area contributed by atoms with Crippen molar-refractivity contribution in [3.05, 3.63) is 166 Å². The maximum Gasteiger partial charge on any atom is 0.0427 e. The molecule has 0 radical (unpaired) electrons. The Morgan fingerprint density at radius 3 is 1.66 bits per heavy atom. The lowest BCUT2D eigenvalue weighted by atomic mass is 9.97. The van der Waals surface area contributed by atoms with E-state index in [1.165, 1.54) is 53.6 Å². The number of allylic oxidation sites excluding steroid dienone is 1. The monoisotopic (exact) mass is 504 g/mol. The normalized spacial score (nSPS) is 11.9. The molecule has 0 saturated carbocycles. The summed E-state index contributed by atoms with van der Waals surface area (Å²) in [5, 5.41) is 2.30. The van der Waals surface area contributed by atoms with Crippen LogP contribution >= 0.6 is 11.3 Å². The quantitative estimate of drug-likeness (QED) is 0.213. The third-order valence-corrected chi connectivity index (χ3v) is 8.35. The van der Waals surface area contributed by atoms with Gasteiger partial charge in [-0.15, -0.1) is 11.3 Å². The molecule has 0 fully saturated rings. The molecule has 6 rings (SSSR count). The molecule has 5 aromatic carbocycles. The Bertz CT molecular complexity index is 1820. The molecular formula is C37H28S. The van der Waals surface area contributed by atoms with E-state index in [1.54, 1.807) is 11.3 Å². The Balaban J connectivity index is 1.20. The molecule has 0 N–H and O–H groups in total. The smallest absolute Gasteiger partial charge is 0.0427 e. The molecule has 1 heterocycles. The van der Waals surface area contributed by atoms with Gasteiger partial charge < -0.3 is 0 Å². The van der Waals surface area contributed by atoms with E-state index in [0.29, 0.717) is 0 Å². The Hall–Kier alpha value is -4.46. The molecule has 0 saturated heterocycles. The molecule has 38 heavy (non-hydrogen) atoms. The predicted molar refractivity (Wildman–Crippen MR) is 166 cm³/mol. The summed E-state index contributed by atoms with van der Waals surface area (Å²) in [6.45, 7) is 8.48. The number of benzene rings is 5. The highest BCUT2D eigenvalue weighted by molar-refractivity contribution is 7.17. The first kappa shape index (κ1) is 23.9. The minimum atomic E-state index is 0.903. The third-order valence-electron chi connectivity index (χ3n) is 7.10. The lowest BCUT2D eigenvalue weighted by Crippen LogP contribution is -2.19. The van der Waals surface area contributed by atoms with Crippen molar-refractivity contribution < 1.29 is 0 Å². The van der Waals surface area contributed by atoms with Crippen LogP contribution in [0.1, 0.15) is 16.7 Å². The van der Waals surface area contributed by atoms with Gasteiger partial charge in [0, 0.05) is 9.23 Å². The fraction of sp³-hybridized carbons (Fsp3) is 0.0270. The van der Waals surface area contributed by atoms with Gasteiger partial charge in [-0.2, -0.15) is 0 Å². The van der Waals surface area contributed by atoms with E-state index in [9.17, 15) is 0 Å². The average Bonchev–Trinajstić information content (AvgIpc) is 3.31. The van der Waals surface area contributed by atoms with Gasteiger partial charge in [-0.3, -0.25) is 0 Å². The SMILES string of the molecule is C=C/C(c1ccc(Cc2ccc(-c3ccc(-c4ccccc4)cc3)cc2)cc1)=c1/sc2ccccc2c1=C. The highest BCUT2D eigenvalue weighted by Crippen LogP contribution is 2.26. The minimum absolute atomic E-state index is 0.903. The van der Waals surface area contributed by atoms with E-state index in [1.807, 2.05) is 6.08 Å². The van der Waals surface area contributed by atoms with Crippen molar-refractivity contribution in [1.82, 2.24) is 0 Å². The van der Waals surface area contributed by atoms with E-state index in [4.69, 9.17) is 0 Å². The highest BCUT2D eigenvalue weighted by atomic mass is 32.1. The van der Waals surface area contributed by atoms with E-state index in [0.717, 1.165) is 17.2 Å². The summed E-state index contributed by atoms with van der Waals surface area (Å²) < 4.78 is 2.46. The predicted octanol–water partition coefficient (Wildman–Crippen LogP) is 8.62. The fourth-order valence-electron chi connectivity index (χ4n) is 5.00. The molecule has 0 bridgehead atoms. The van der Waals surface area contributed by atoms with E-state index in [-0.39, 0.29) is 0 Å². The molecule has 0 spiro atoms. The van der Waals surface area contributed by atoms with Crippen LogP contribution in [0.3, 0.4) is 0 Å². The first-order chi connectivity index (χ1) is 18.7. The Morgan fingerprint density at radius 2 is 1.08 bits per heavy atom. The Kier molecular flexibility index (Phi) is 6.60. The largest absolute Gasteiger partial charge is 0.135 e. The van der Waals surface area contributed by atoms with E-state index in [2.05, 4.69) is 141 Å². The molecule has 0 unspecified atom stereocenters. The Morgan fingerprint density at radius 1 is 0.579 bits per heavy atom. The lowest BCUT2D eigenvalue weighted by molar-refractivity contribution is 1.19. The van der Waals surface area contributed by atoms with Crippen molar-refractivity contribution >= 4 is 33.6 Å². The van der Waals surface area contributed by atoms with Crippen LogP contribution in [-0.4, -0.2) is 0 Å². The molecule has 0 aliphatic carbocycles. The molecule has 6 aromatic rings. The van der Waals surface area contributed by atoms with Gasteiger partial charge in [0.1, 0.15) is 0 Å². The van der Waals surface area contributed by atoms with Crippen LogP contribution in [0.2, 0.25) is 0 Å². The molecule has 0 aliphatic heterocycles. The summed E-state index contributed by atoms with van der Waals surface area (Å²) >= 11 is 1.79. The van der Waals surface area contributed by atoms with E-state index >= 15 is 0 Å². The average molecular weight is 505 g/mol. The summed E-state index contributed by atoms with van der Waals surface area (Å²) in [5.74, 6) is 0. The van der Waals surface area contributed by atoms with Crippen molar-refractivity contribution in [2.75, 3.05) is 0 Å². The summed E-state index contributed by atoms with van der Waals surface area (Å²) in [4.78, 5) is 0. The maximum atomic E-state index is 4.37. The van der Waals surface area contributed by atoms with Gasteiger partial charge in [0.15, 0.2) is 0 Å². The fourth-order valence-corrected chi connectivity index (χ4v) is 6.21. The number of hydrogen-bond donors (Lipinski definition) is 0. The van der Waals surface area contributed by atoms with Crippen LogP contribution in [-0.2, 0) is 6.42 Å². The van der Waals surface area contributed by atoms with Crippen LogP contribution in [0.5, 0.6) is 0 Å².